The van der Waals surface area contributed by atoms with Gasteiger partial charge in [-0.25, -0.2) is 12.8 Å². The number of rotatable bonds is 8. The summed E-state index contributed by atoms with van der Waals surface area (Å²) >= 11 is 0. The van der Waals surface area contributed by atoms with Crippen LogP contribution < -0.4 is 0 Å². The van der Waals surface area contributed by atoms with Crippen molar-refractivity contribution in [2.45, 2.75) is 40.0 Å². The Hall–Kier alpha value is -0.940. The summed E-state index contributed by atoms with van der Waals surface area (Å²) in [6.07, 6.45) is 0.475. The van der Waals surface area contributed by atoms with E-state index in [0.29, 0.717) is 25.2 Å². The van der Waals surface area contributed by atoms with Crippen LogP contribution in [-0.2, 0) is 14.6 Å². The van der Waals surface area contributed by atoms with Gasteiger partial charge >= 0.3 is 0 Å². The lowest BCUT2D eigenvalue weighted by atomic mass is 9.99. The molecule has 1 aromatic carbocycles. The third-order valence-electron chi connectivity index (χ3n) is 3.22. The summed E-state index contributed by atoms with van der Waals surface area (Å²) < 4.78 is 43.4. The third kappa shape index (κ3) is 7.36. The van der Waals surface area contributed by atoms with Gasteiger partial charge in [-0.1, -0.05) is 45.9 Å². The van der Waals surface area contributed by atoms with Crippen LogP contribution in [0.1, 0.15) is 45.6 Å². The molecule has 0 saturated carbocycles. The predicted octanol–water partition coefficient (Wildman–Crippen LogP) is 3.80. The average Bonchev–Trinajstić information content (AvgIpc) is 2.36. The molecule has 5 heteroatoms. The third-order valence-corrected chi connectivity index (χ3v) is 5.14. The van der Waals surface area contributed by atoms with E-state index in [1.807, 2.05) is 0 Å². The standard InChI is InChI=1S/C17H27FO3S/c1-14(15-8-5-6-9-16(15)18)12-22(19,20)11-7-10-21-13-17(2,3)4/h5-6,8-9,14H,7,10-13H2,1-4H3/t14-/m0/s1. The van der Waals surface area contributed by atoms with Crippen LogP contribution >= 0.6 is 0 Å². The van der Waals surface area contributed by atoms with Crippen LogP contribution in [0.4, 0.5) is 4.39 Å². The smallest absolute Gasteiger partial charge is 0.150 e. The number of benzene rings is 1. The van der Waals surface area contributed by atoms with E-state index in [0.717, 1.165) is 0 Å². The van der Waals surface area contributed by atoms with Crippen molar-refractivity contribution in [1.82, 2.24) is 0 Å². The highest BCUT2D eigenvalue weighted by Gasteiger charge is 2.19. The zero-order valence-electron chi connectivity index (χ0n) is 13.9. The van der Waals surface area contributed by atoms with E-state index in [1.165, 1.54) is 6.07 Å². The lowest BCUT2D eigenvalue weighted by Gasteiger charge is -2.18. The Labute approximate surface area is 133 Å². The van der Waals surface area contributed by atoms with Crippen LogP contribution in [0, 0.1) is 11.2 Å². The number of sulfone groups is 1. The van der Waals surface area contributed by atoms with E-state index < -0.39 is 9.84 Å². The largest absolute Gasteiger partial charge is 0.381 e. The van der Waals surface area contributed by atoms with Crippen molar-refractivity contribution >= 4 is 9.84 Å². The van der Waals surface area contributed by atoms with Crippen LogP contribution in [0.25, 0.3) is 0 Å². The summed E-state index contributed by atoms with van der Waals surface area (Å²) in [4.78, 5) is 0. The van der Waals surface area contributed by atoms with Crippen LogP contribution in [0.5, 0.6) is 0 Å². The molecule has 0 spiro atoms. The van der Waals surface area contributed by atoms with Gasteiger partial charge in [0.15, 0.2) is 9.84 Å². The Bertz CT molecular complexity index is 562. The van der Waals surface area contributed by atoms with Crippen LogP contribution in [-0.4, -0.2) is 33.1 Å². The minimum atomic E-state index is -3.21. The fourth-order valence-electron chi connectivity index (χ4n) is 2.19. The molecule has 0 heterocycles. The molecule has 0 aromatic heterocycles. The zero-order valence-corrected chi connectivity index (χ0v) is 14.7. The maximum atomic E-state index is 13.7. The molecule has 0 bridgehead atoms. The number of hydrogen-bond acceptors (Lipinski definition) is 3. The van der Waals surface area contributed by atoms with Gasteiger partial charge in [0, 0.05) is 6.61 Å². The van der Waals surface area contributed by atoms with Gasteiger partial charge in [0.1, 0.15) is 5.82 Å². The Morgan fingerprint density at radius 3 is 2.45 bits per heavy atom. The van der Waals surface area contributed by atoms with Gasteiger partial charge in [-0.05, 0) is 29.4 Å². The second-order valence-electron chi connectivity index (χ2n) is 7.00. The molecule has 1 atom stereocenters. The summed E-state index contributed by atoms with van der Waals surface area (Å²) in [5.74, 6) is -0.649. The highest BCUT2D eigenvalue weighted by atomic mass is 32.2. The molecule has 126 valence electrons. The first-order chi connectivity index (χ1) is 10.1. The van der Waals surface area contributed by atoms with E-state index >= 15 is 0 Å². The number of hydrogen-bond donors (Lipinski definition) is 0. The average molecular weight is 330 g/mol. The van der Waals surface area contributed by atoms with Gasteiger partial charge in [0.25, 0.3) is 0 Å². The van der Waals surface area contributed by atoms with E-state index in [4.69, 9.17) is 4.74 Å². The van der Waals surface area contributed by atoms with E-state index in [1.54, 1.807) is 25.1 Å². The van der Waals surface area contributed by atoms with Crippen molar-refractivity contribution < 1.29 is 17.5 Å². The molecule has 0 fully saturated rings. The van der Waals surface area contributed by atoms with Gasteiger partial charge in [0.05, 0.1) is 18.1 Å². The fourth-order valence-corrected chi connectivity index (χ4v) is 3.85. The zero-order chi connectivity index (χ0) is 16.8. The molecular formula is C17H27FO3S. The maximum Gasteiger partial charge on any atom is 0.150 e. The normalized spacial score (nSPS) is 14.0. The highest BCUT2D eigenvalue weighted by Crippen LogP contribution is 2.21. The van der Waals surface area contributed by atoms with E-state index in [9.17, 15) is 12.8 Å². The minimum Gasteiger partial charge on any atom is -0.381 e. The Morgan fingerprint density at radius 2 is 1.86 bits per heavy atom. The molecule has 1 rings (SSSR count). The lowest BCUT2D eigenvalue weighted by Crippen LogP contribution is -2.19. The van der Waals surface area contributed by atoms with Crippen molar-refractivity contribution in [1.29, 1.82) is 0 Å². The topological polar surface area (TPSA) is 43.4 Å². The molecular weight excluding hydrogens is 303 g/mol. The van der Waals surface area contributed by atoms with Crippen LogP contribution in [0.2, 0.25) is 0 Å². The summed E-state index contributed by atoms with van der Waals surface area (Å²) in [5, 5.41) is 0. The predicted molar refractivity (Wildman–Crippen MR) is 88.4 cm³/mol. The second kappa shape index (κ2) is 8.06. The van der Waals surface area contributed by atoms with E-state index in [2.05, 4.69) is 20.8 Å². The Morgan fingerprint density at radius 1 is 1.23 bits per heavy atom. The Balaban J connectivity index is 2.42. The molecule has 0 aliphatic heterocycles. The van der Waals surface area contributed by atoms with Gasteiger partial charge in [-0.15, -0.1) is 0 Å². The highest BCUT2D eigenvalue weighted by molar-refractivity contribution is 7.91. The number of ether oxygens (including phenoxy) is 1. The SMILES string of the molecule is C[C@@H](CS(=O)(=O)CCCOCC(C)(C)C)c1ccccc1F. The second-order valence-corrected chi connectivity index (χ2v) is 9.23. The summed E-state index contributed by atoms with van der Waals surface area (Å²) in [6, 6.07) is 6.33. The van der Waals surface area contributed by atoms with Crippen molar-refractivity contribution in [3.63, 3.8) is 0 Å². The molecule has 0 N–H and O–H groups in total. The molecule has 1 aromatic rings. The quantitative estimate of drug-likeness (QED) is 0.681. The first kappa shape index (κ1) is 19.1. The van der Waals surface area contributed by atoms with Crippen LogP contribution in [0.3, 0.4) is 0 Å². The molecule has 0 amide bonds. The first-order valence-corrected chi connectivity index (χ1v) is 9.45. The van der Waals surface area contributed by atoms with Gasteiger partial charge in [-0.3, -0.25) is 0 Å². The molecule has 0 radical (unpaired) electrons. The summed E-state index contributed by atoms with van der Waals surface area (Å²) in [6.45, 7) is 8.99. The molecule has 3 nitrogen and oxygen atoms in total. The molecule has 22 heavy (non-hydrogen) atoms. The molecule has 0 saturated heterocycles. The fraction of sp³-hybridized carbons (Fsp3) is 0.647. The number of halogens is 1. The Kier molecular flexibility index (Phi) is 7.00. The summed E-state index contributed by atoms with van der Waals surface area (Å²) in [7, 11) is -3.21. The molecule has 0 aliphatic rings. The molecule has 0 aliphatic carbocycles. The monoisotopic (exact) mass is 330 g/mol. The van der Waals surface area contributed by atoms with Crippen molar-refractivity contribution in [3.8, 4) is 0 Å². The van der Waals surface area contributed by atoms with Gasteiger partial charge < -0.3 is 4.74 Å². The van der Waals surface area contributed by atoms with Crippen LogP contribution in [0.15, 0.2) is 24.3 Å². The van der Waals surface area contributed by atoms with Crippen molar-refractivity contribution in [3.05, 3.63) is 35.6 Å². The van der Waals surface area contributed by atoms with E-state index in [-0.39, 0.29) is 28.7 Å². The van der Waals surface area contributed by atoms with Crippen molar-refractivity contribution in [2.24, 2.45) is 5.41 Å². The maximum absolute atomic E-state index is 13.7. The minimum absolute atomic E-state index is 0.0345. The first-order valence-electron chi connectivity index (χ1n) is 7.63. The molecule has 0 unspecified atom stereocenters. The van der Waals surface area contributed by atoms with Crippen molar-refractivity contribution in [2.75, 3.05) is 24.7 Å². The van der Waals surface area contributed by atoms with Gasteiger partial charge in [0.2, 0.25) is 0 Å². The summed E-state index contributed by atoms with van der Waals surface area (Å²) in [5.41, 5.74) is 0.535. The van der Waals surface area contributed by atoms with Gasteiger partial charge in [-0.2, -0.15) is 0 Å². The lowest BCUT2D eigenvalue weighted by molar-refractivity contribution is 0.0720.